The molecule has 0 fully saturated rings. The van der Waals surface area contributed by atoms with Crippen LogP contribution in [0.4, 0.5) is 5.69 Å². The van der Waals surface area contributed by atoms with E-state index in [9.17, 15) is 9.59 Å². The van der Waals surface area contributed by atoms with E-state index in [0.717, 1.165) is 5.69 Å². The average Bonchev–Trinajstić information content (AvgIpc) is 3.10. The van der Waals surface area contributed by atoms with Gasteiger partial charge < -0.3 is 14.7 Å². The van der Waals surface area contributed by atoms with E-state index in [1.165, 1.54) is 4.90 Å². The molecule has 2 aromatic heterocycles. The Balaban J connectivity index is 1.91. The molecule has 3 aromatic rings. The number of halogens is 2. The lowest BCUT2D eigenvalue weighted by Gasteiger charge is -2.22. The first-order valence-corrected chi connectivity index (χ1v) is 10.8. The third-order valence-electron chi connectivity index (χ3n) is 4.78. The minimum Gasteiger partial charge on any atom is -0.336 e. The second-order valence-electron chi connectivity index (χ2n) is 7.60. The van der Waals surface area contributed by atoms with E-state index in [2.05, 4.69) is 15.5 Å². The number of nitrogens with one attached hydrogen (secondary N) is 1. The Morgan fingerprint density at radius 1 is 1.23 bits per heavy atom. The van der Waals surface area contributed by atoms with Crippen molar-refractivity contribution in [3.8, 4) is 0 Å². The Kier molecular flexibility index (Phi) is 7.18. The molecular weight excluding hydrogens is 439 g/mol. The summed E-state index contributed by atoms with van der Waals surface area (Å²) in [4.78, 5) is 32.2. The molecular formula is C22H24Cl2N4O3. The molecule has 0 atom stereocenters. The lowest BCUT2D eigenvalue weighted by atomic mass is 10.0. The van der Waals surface area contributed by atoms with Crippen molar-refractivity contribution < 1.29 is 14.1 Å². The molecule has 0 saturated carbocycles. The van der Waals surface area contributed by atoms with Gasteiger partial charge in [0.25, 0.3) is 11.6 Å². The molecule has 2 heterocycles. The van der Waals surface area contributed by atoms with Crippen LogP contribution in [0.1, 0.15) is 54.9 Å². The van der Waals surface area contributed by atoms with Gasteiger partial charge in [0.15, 0.2) is 0 Å². The maximum atomic E-state index is 13.5. The Bertz CT molecular complexity index is 1130. The topological polar surface area (TPSA) is 88.3 Å². The summed E-state index contributed by atoms with van der Waals surface area (Å²) >= 11 is 12.1. The summed E-state index contributed by atoms with van der Waals surface area (Å²) in [5, 5.41) is 8.07. The normalized spacial score (nSPS) is 11.2. The smallest absolute Gasteiger partial charge is 0.259 e. The highest BCUT2D eigenvalue weighted by Crippen LogP contribution is 2.27. The minimum absolute atomic E-state index is 0.0919. The molecule has 0 radical (unpaired) electrons. The lowest BCUT2D eigenvalue weighted by molar-refractivity contribution is -0.116. The van der Waals surface area contributed by atoms with Crippen LogP contribution in [0.2, 0.25) is 10.0 Å². The summed E-state index contributed by atoms with van der Waals surface area (Å²) in [5.74, 6) is -0.563. The number of anilines is 1. The van der Waals surface area contributed by atoms with Gasteiger partial charge >= 0.3 is 0 Å². The van der Waals surface area contributed by atoms with Gasteiger partial charge in [0, 0.05) is 17.3 Å². The van der Waals surface area contributed by atoms with Gasteiger partial charge in [-0.3, -0.25) is 9.59 Å². The molecule has 0 aliphatic rings. The van der Waals surface area contributed by atoms with Crippen molar-refractivity contribution in [2.24, 2.45) is 0 Å². The first-order chi connectivity index (χ1) is 14.7. The molecule has 2 amide bonds. The van der Waals surface area contributed by atoms with Crippen LogP contribution in [0, 0.1) is 6.92 Å². The number of aromatic nitrogens is 2. The Hall–Kier alpha value is -2.64. The number of rotatable bonds is 7. The number of carbonyl (C=O) groups excluding carboxylic acids is 2. The number of hydrogen-bond acceptors (Lipinski definition) is 5. The molecule has 0 aliphatic heterocycles. The van der Waals surface area contributed by atoms with Crippen molar-refractivity contribution in [2.45, 2.75) is 40.0 Å². The number of nitrogens with zero attached hydrogens (tertiary/aromatic N) is 3. The predicted octanol–water partition coefficient (Wildman–Crippen LogP) is 5.45. The molecule has 0 spiro atoms. The van der Waals surface area contributed by atoms with Crippen LogP contribution in [0.15, 0.2) is 28.8 Å². The SMILES string of the molecule is CCCN(CC(=O)Nc1cc(Cl)ccc1Cl)C(=O)c1cc(C(C)C)nc2onc(C)c12. The number of aryl methyl sites for hydroxylation is 1. The van der Waals surface area contributed by atoms with Gasteiger partial charge in [-0.15, -0.1) is 0 Å². The zero-order chi connectivity index (χ0) is 22.7. The third-order valence-corrected chi connectivity index (χ3v) is 5.34. The molecule has 164 valence electrons. The molecule has 0 aliphatic carbocycles. The van der Waals surface area contributed by atoms with E-state index in [-0.39, 0.29) is 24.3 Å². The van der Waals surface area contributed by atoms with Crippen molar-refractivity contribution in [1.29, 1.82) is 0 Å². The van der Waals surface area contributed by atoms with Crippen LogP contribution in [-0.2, 0) is 4.79 Å². The lowest BCUT2D eigenvalue weighted by Crippen LogP contribution is -2.38. The highest BCUT2D eigenvalue weighted by molar-refractivity contribution is 6.35. The van der Waals surface area contributed by atoms with Crippen LogP contribution < -0.4 is 5.32 Å². The number of hydrogen-bond donors (Lipinski definition) is 1. The van der Waals surface area contributed by atoms with E-state index in [4.69, 9.17) is 27.7 Å². The zero-order valence-corrected chi connectivity index (χ0v) is 19.3. The average molecular weight is 463 g/mol. The van der Waals surface area contributed by atoms with Crippen LogP contribution in [-0.4, -0.2) is 39.9 Å². The maximum absolute atomic E-state index is 13.5. The van der Waals surface area contributed by atoms with E-state index < -0.39 is 0 Å². The standard InChI is InChI=1S/C22H24Cl2N4O3/c1-5-8-28(11-19(29)25-18-9-14(23)6-7-16(18)24)22(30)15-10-17(12(2)3)26-21-20(15)13(4)27-31-21/h6-7,9-10,12H,5,8,11H2,1-4H3,(H,25,29). The Morgan fingerprint density at radius 2 is 1.97 bits per heavy atom. The Labute approximate surface area is 190 Å². The van der Waals surface area contributed by atoms with E-state index >= 15 is 0 Å². The third kappa shape index (κ3) is 5.17. The molecule has 1 N–H and O–H groups in total. The second kappa shape index (κ2) is 9.66. The van der Waals surface area contributed by atoms with Gasteiger partial charge in [-0.2, -0.15) is 0 Å². The van der Waals surface area contributed by atoms with Crippen LogP contribution in [0.3, 0.4) is 0 Å². The van der Waals surface area contributed by atoms with Crippen molar-refractivity contribution in [2.75, 3.05) is 18.4 Å². The number of pyridine rings is 1. The molecule has 0 unspecified atom stereocenters. The quantitative estimate of drug-likeness (QED) is 0.503. The zero-order valence-electron chi connectivity index (χ0n) is 17.8. The number of benzene rings is 1. The maximum Gasteiger partial charge on any atom is 0.259 e. The summed E-state index contributed by atoms with van der Waals surface area (Å²) in [5.41, 5.74) is 2.44. The van der Waals surface area contributed by atoms with Crippen LogP contribution in [0.25, 0.3) is 11.1 Å². The molecule has 0 saturated heterocycles. The molecule has 31 heavy (non-hydrogen) atoms. The molecule has 3 rings (SSSR count). The number of amides is 2. The minimum atomic E-state index is -0.373. The van der Waals surface area contributed by atoms with Crippen molar-refractivity contribution in [1.82, 2.24) is 15.0 Å². The number of fused-ring (bicyclic) bond motifs is 1. The molecule has 7 nitrogen and oxygen atoms in total. The molecule has 9 heteroatoms. The first-order valence-electron chi connectivity index (χ1n) is 10.0. The van der Waals surface area contributed by atoms with Gasteiger partial charge in [0.05, 0.1) is 27.4 Å². The van der Waals surface area contributed by atoms with Crippen LogP contribution >= 0.6 is 23.2 Å². The van der Waals surface area contributed by atoms with E-state index in [0.29, 0.717) is 51.1 Å². The second-order valence-corrected chi connectivity index (χ2v) is 8.44. The summed E-state index contributed by atoms with van der Waals surface area (Å²) in [6.07, 6.45) is 0.685. The highest BCUT2D eigenvalue weighted by atomic mass is 35.5. The summed E-state index contributed by atoms with van der Waals surface area (Å²) < 4.78 is 5.32. The Morgan fingerprint density at radius 3 is 2.65 bits per heavy atom. The first kappa shape index (κ1) is 23.0. The summed E-state index contributed by atoms with van der Waals surface area (Å²) in [7, 11) is 0. The van der Waals surface area contributed by atoms with Gasteiger partial charge in [0.2, 0.25) is 5.91 Å². The monoisotopic (exact) mass is 462 g/mol. The van der Waals surface area contributed by atoms with Gasteiger partial charge in [-0.1, -0.05) is 49.1 Å². The fourth-order valence-corrected chi connectivity index (χ4v) is 3.56. The summed E-state index contributed by atoms with van der Waals surface area (Å²) in [6, 6.07) is 6.56. The van der Waals surface area contributed by atoms with Crippen LogP contribution in [0.5, 0.6) is 0 Å². The predicted molar refractivity (Wildman–Crippen MR) is 122 cm³/mol. The van der Waals surface area contributed by atoms with E-state index in [1.54, 1.807) is 31.2 Å². The van der Waals surface area contributed by atoms with Crippen molar-refractivity contribution in [3.05, 3.63) is 51.3 Å². The van der Waals surface area contributed by atoms with Gasteiger partial charge in [-0.05, 0) is 43.5 Å². The highest BCUT2D eigenvalue weighted by Gasteiger charge is 2.25. The number of carbonyl (C=O) groups is 2. The molecule has 0 bridgehead atoms. The van der Waals surface area contributed by atoms with Crippen molar-refractivity contribution in [3.63, 3.8) is 0 Å². The molecule has 1 aromatic carbocycles. The van der Waals surface area contributed by atoms with Gasteiger partial charge in [0.1, 0.15) is 6.54 Å². The van der Waals surface area contributed by atoms with Crippen molar-refractivity contribution >= 4 is 51.8 Å². The fraction of sp³-hybridized carbons (Fsp3) is 0.364. The fourth-order valence-electron chi connectivity index (χ4n) is 3.23. The van der Waals surface area contributed by atoms with Gasteiger partial charge in [-0.25, -0.2) is 4.98 Å². The largest absolute Gasteiger partial charge is 0.336 e. The van der Waals surface area contributed by atoms with E-state index in [1.807, 2.05) is 20.8 Å². The summed E-state index contributed by atoms with van der Waals surface area (Å²) in [6.45, 7) is 7.94.